The van der Waals surface area contributed by atoms with Crippen molar-refractivity contribution >= 4 is 17.0 Å². The quantitative estimate of drug-likeness (QED) is 0.256. The first kappa shape index (κ1) is 31.6. The number of piperidine rings is 1. The summed E-state index contributed by atoms with van der Waals surface area (Å²) >= 11 is 0. The van der Waals surface area contributed by atoms with E-state index < -0.39 is 12.1 Å². The molecule has 11 heteroatoms. The van der Waals surface area contributed by atoms with Crippen molar-refractivity contribution in [3.05, 3.63) is 78.1 Å². The number of carboxylic acids is 1. The number of nitrogens with one attached hydrogen (secondary N) is 1. The lowest BCUT2D eigenvalue weighted by Gasteiger charge is -2.38. The molecule has 3 aromatic carbocycles. The van der Waals surface area contributed by atoms with Gasteiger partial charge in [-0.25, -0.2) is 14.2 Å². The van der Waals surface area contributed by atoms with Crippen LogP contribution in [0.25, 0.3) is 33.5 Å². The van der Waals surface area contributed by atoms with E-state index in [0.29, 0.717) is 5.52 Å². The SMILES string of the molecule is CN1CCCC(CN2CCN(Cc3ccc(-c4ccc(-c5nc6ccc(F)cc6[nH]5)cc4)cc3)CC2)C1.O=C(O)C(F)(F)F. The van der Waals surface area contributed by atoms with Crippen molar-refractivity contribution in [3.63, 3.8) is 0 Å². The van der Waals surface area contributed by atoms with Gasteiger partial charge in [0.2, 0.25) is 0 Å². The smallest absolute Gasteiger partial charge is 0.475 e. The van der Waals surface area contributed by atoms with Crippen molar-refractivity contribution in [2.45, 2.75) is 25.6 Å². The number of benzene rings is 3. The Morgan fingerprint density at radius 2 is 1.50 bits per heavy atom. The number of likely N-dealkylation sites (tertiary alicyclic amines) is 1. The molecule has 234 valence electrons. The van der Waals surface area contributed by atoms with Crippen LogP contribution in [0.4, 0.5) is 17.6 Å². The van der Waals surface area contributed by atoms with E-state index in [4.69, 9.17) is 9.90 Å². The third-order valence-electron chi connectivity index (χ3n) is 8.24. The fourth-order valence-electron chi connectivity index (χ4n) is 5.92. The molecule has 4 aromatic rings. The fourth-order valence-corrected chi connectivity index (χ4v) is 5.92. The second-order valence-corrected chi connectivity index (χ2v) is 11.7. The molecule has 44 heavy (non-hydrogen) atoms. The summed E-state index contributed by atoms with van der Waals surface area (Å²) in [6.07, 6.45) is -2.34. The van der Waals surface area contributed by atoms with E-state index in [0.717, 1.165) is 42.5 Å². The van der Waals surface area contributed by atoms with Gasteiger partial charge in [0.25, 0.3) is 0 Å². The van der Waals surface area contributed by atoms with E-state index in [9.17, 15) is 17.6 Å². The van der Waals surface area contributed by atoms with Crippen LogP contribution in [0.3, 0.4) is 0 Å². The Bertz CT molecular complexity index is 1530. The first-order chi connectivity index (χ1) is 21.0. The van der Waals surface area contributed by atoms with Crippen LogP contribution >= 0.6 is 0 Å². The molecule has 6 rings (SSSR count). The van der Waals surface area contributed by atoms with E-state index in [1.807, 2.05) is 0 Å². The summed E-state index contributed by atoms with van der Waals surface area (Å²) in [5.74, 6) is -1.41. The minimum absolute atomic E-state index is 0.258. The predicted octanol–water partition coefficient (Wildman–Crippen LogP) is 6.13. The molecule has 2 N–H and O–H groups in total. The third kappa shape index (κ3) is 8.43. The molecular formula is C33H37F4N5O2. The number of hydrogen-bond donors (Lipinski definition) is 2. The van der Waals surface area contributed by atoms with Crippen molar-refractivity contribution in [2.75, 3.05) is 52.9 Å². The summed E-state index contributed by atoms with van der Waals surface area (Å²) in [5.41, 5.74) is 6.25. The number of nitrogens with zero attached hydrogens (tertiary/aromatic N) is 4. The second-order valence-electron chi connectivity index (χ2n) is 11.7. The number of aliphatic carboxylic acids is 1. The Kier molecular flexibility index (Phi) is 9.97. The fraction of sp³-hybridized carbons (Fsp3) is 0.394. The molecule has 0 bridgehead atoms. The van der Waals surface area contributed by atoms with Crippen LogP contribution in [0, 0.1) is 11.7 Å². The minimum Gasteiger partial charge on any atom is -0.475 e. The maximum absolute atomic E-state index is 13.5. The van der Waals surface area contributed by atoms with Crippen LogP contribution in [0.2, 0.25) is 0 Å². The van der Waals surface area contributed by atoms with Crippen LogP contribution in [0.1, 0.15) is 18.4 Å². The van der Waals surface area contributed by atoms with E-state index in [1.54, 1.807) is 6.07 Å². The zero-order valence-electron chi connectivity index (χ0n) is 24.7. The Morgan fingerprint density at radius 1 is 0.909 bits per heavy atom. The topological polar surface area (TPSA) is 75.7 Å². The number of hydrogen-bond acceptors (Lipinski definition) is 5. The molecule has 0 spiro atoms. The van der Waals surface area contributed by atoms with Gasteiger partial charge in [-0.2, -0.15) is 13.2 Å². The molecule has 7 nitrogen and oxygen atoms in total. The number of alkyl halides is 3. The molecule has 0 radical (unpaired) electrons. The molecule has 1 atom stereocenters. The molecule has 1 aromatic heterocycles. The lowest BCUT2D eigenvalue weighted by Crippen LogP contribution is -2.48. The number of aromatic amines is 1. The van der Waals surface area contributed by atoms with Gasteiger partial charge in [0, 0.05) is 51.4 Å². The summed E-state index contributed by atoms with van der Waals surface area (Å²) in [6, 6.07) is 22.0. The predicted molar refractivity (Wildman–Crippen MR) is 163 cm³/mol. The maximum atomic E-state index is 13.5. The monoisotopic (exact) mass is 611 g/mol. The lowest BCUT2D eigenvalue weighted by atomic mass is 9.97. The Labute approximate surface area is 254 Å². The standard InChI is InChI=1S/C31H36FN5.C2HF3O2/c1-35-14-2-3-24(20-35)22-37-17-15-36(16-18-37)21-23-4-6-25(7-5-23)26-8-10-27(11-9-26)31-33-29-13-12-28(32)19-30(29)34-31;3-2(4,5)1(6)7/h4-13,19,24H,2-3,14-18,20-22H2,1H3,(H,33,34);(H,6,7). The van der Waals surface area contributed by atoms with Crippen LogP contribution in [0.15, 0.2) is 66.7 Å². The van der Waals surface area contributed by atoms with Crippen molar-refractivity contribution in [3.8, 4) is 22.5 Å². The normalized spacial score (nSPS) is 18.6. The number of halogens is 4. The molecule has 3 heterocycles. The van der Waals surface area contributed by atoms with Crippen LogP contribution in [0.5, 0.6) is 0 Å². The van der Waals surface area contributed by atoms with Crippen LogP contribution < -0.4 is 0 Å². The Balaban J connectivity index is 0.000000493. The molecule has 1 unspecified atom stereocenters. The van der Waals surface area contributed by atoms with E-state index in [1.165, 1.54) is 74.4 Å². The van der Waals surface area contributed by atoms with E-state index in [2.05, 4.69) is 80.2 Å². The zero-order valence-corrected chi connectivity index (χ0v) is 24.7. The maximum Gasteiger partial charge on any atom is 0.490 e. The molecule has 2 aliphatic heterocycles. The van der Waals surface area contributed by atoms with Gasteiger partial charge < -0.3 is 19.9 Å². The zero-order chi connectivity index (χ0) is 31.3. The highest BCUT2D eigenvalue weighted by Gasteiger charge is 2.38. The highest BCUT2D eigenvalue weighted by molar-refractivity contribution is 5.80. The van der Waals surface area contributed by atoms with Gasteiger partial charge in [-0.1, -0.05) is 48.5 Å². The summed E-state index contributed by atoms with van der Waals surface area (Å²) in [7, 11) is 2.26. The van der Waals surface area contributed by atoms with Crippen molar-refractivity contribution in [1.29, 1.82) is 0 Å². The van der Waals surface area contributed by atoms with Crippen LogP contribution in [-0.4, -0.2) is 94.8 Å². The first-order valence-corrected chi connectivity index (χ1v) is 14.8. The van der Waals surface area contributed by atoms with Gasteiger partial charge >= 0.3 is 12.1 Å². The second kappa shape index (κ2) is 13.9. The molecule has 0 aliphatic carbocycles. The summed E-state index contributed by atoms with van der Waals surface area (Å²) < 4.78 is 45.2. The molecule has 0 amide bonds. The first-order valence-electron chi connectivity index (χ1n) is 14.8. The van der Waals surface area contributed by atoms with E-state index in [-0.39, 0.29) is 5.82 Å². The van der Waals surface area contributed by atoms with Crippen molar-refractivity contribution in [2.24, 2.45) is 5.92 Å². The van der Waals surface area contributed by atoms with Gasteiger partial charge in [0.05, 0.1) is 11.0 Å². The van der Waals surface area contributed by atoms with Gasteiger partial charge in [0.15, 0.2) is 0 Å². The number of piperazine rings is 1. The Hall–Kier alpha value is -3.80. The van der Waals surface area contributed by atoms with Crippen LogP contribution in [-0.2, 0) is 11.3 Å². The van der Waals surface area contributed by atoms with Crippen molar-refractivity contribution < 1.29 is 27.5 Å². The number of fused-ring (bicyclic) bond motifs is 1. The molecule has 2 saturated heterocycles. The molecule has 2 fully saturated rings. The third-order valence-corrected chi connectivity index (χ3v) is 8.24. The molecule has 2 aliphatic rings. The molecule has 0 saturated carbocycles. The van der Waals surface area contributed by atoms with E-state index >= 15 is 0 Å². The van der Waals surface area contributed by atoms with Gasteiger partial charge in [-0.05, 0) is 67.2 Å². The average molecular weight is 612 g/mol. The largest absolute Gasteiger partial charge is 0.490 e. The van der Waals surface area contributed by atoms with Gasteiger partial charge in [0.1, 0.15) is 11.6 Å². The number of rotatable bonds is 6. The van der Waals surface area contributed by atoms with Crippen molar-refractivity contribution in [1.82, 2.24) is 24.7 Å². The van der Waals surface area contributed by atoms with Gasteiger partial charge in [-0.15, -0.1) is 0 Å². The Morgan fingerprint density at radius 3 is 2.11 bits per heavy atom. The lowest BCUT2D eigenvalue weighted by molar-refractivity contribution is -0.192. The number of carbonyl (C=O) groups is 1. The number of carboxylic acid groups (broad SMARTS) is 1. The number of imidazole rings is 1. The summed E-state index contributed by atoms with van der Waals surface area (Å²) in [5, 5.41) is 7.12. The highest BCUT2D eigenvalue weighted by atomic mass is 19.4. The molecular weight excluding hydrogens is 574 g/mol. The highest BCUT2D eigenvalue weighted by Crippen LogP contribution is 2.26. The number of aromatic nitrogens is 2. The summed E-state index contributed by atoms with van der Waals surface area (Å²) in [4.78, 5) is 24.5. The summed E-state index contributed by atoms with van der Waals surface area (Å²) in [6.45, 7) is 9.49. The minimum atomic E-state index is -5.08. The number of H-pyrrole nitrogens is 1. The van der Waals surface area contributed by atoms with Gasteiger partial charge in [-0.3, -0.25) is 4.90 Å². The average Bonchev–Trinajstić information content (AvgIpc) is 3.42.